The summed E-state index contributed by atoms with van der Waals surface area (Å²) >= 11 is 0. The summed E-state index contributed by atoms with van der Waals surface area (Å²) in [7, 11) is 0. The molecule has 0 amide bonds. The monoisotopic (exact) mass is 289 g/mol. The van der Waals surface area contributed by atoms with Gasteiger partial charge in [0.25, 0.3) is 0 Å². The zero-order valence-electron chi connectivity index (χ0n) is 12.6. The fourth-order valence-electron chi connectivity index (χ4n) is 2.53. The third kappa shape index (κ3) is 3.02. The van der Waals surface area contributed by atoms with Gasteiger partial charge >= 0.3 is 0 Å². The number of aliphatic hydroxyl groups excluding tert-OH is 1. The maximum atomic E-state index is 9.85. The lowest BCUT2D eigenvalue weighted by Gasteiger charge is -2.26. The van der Waals surface area contributed by atoms with E-state index in [0.29, 0.717) is 0 Å². The zero-order chi connectivity index (χ0) is 15.4. The van der Waals surface area contributed by atoms with E-state index in [1.165, 1.54) is 0 Å². The highest BCUT2D eigenvalue weighted by atomic mass is 16.3. The van der Waals surface area contributed by atoms with Crippen LogP contribution in [0.4, 0.5) is 17.1 Å². The number of nitrogens with zero attached hydrogens (tertiary/aromatic N) is 1. The van der Waals surface area contributed by atoms with Crippen LogP contribution in [0, 0.1) is 0 Å². The molecule has 1 atom stereocenters. The molecule has 0 aliphatic carbocycles. The molecule has 0 heterocycles. The Labute approximate surface area is 131 Å². The van der Waals surface area contributed by atoms with Crippen LogP contribution in [0.1, 0.15) is 18.6 Å². The molecule has 0 aliphatic rings. The van der Waals surface area contributed by atoms with Crippen LogP contribution in [-0.4, -0.2) is 5.11 Å². The van der Waals surface area contributed by atoms with E-state index in [1.54, 1.807) is 6.92 Å². The Morgan fingerprint density at radius 1 is 0.682 bits per heavy atom. The summed E-state index contributed by atoms with van der Waals surface area (Å²) < 4.78 is 0. The number of para-hydroxylation sites is 2. The number of anilines is 3. The largest absolute Gasteiger partial charge is 0.389 e. The number of hydrogen-bond acceptors (Lipinski definition) is 2. The summed E-state index contributed by atoms with van der Waals surface area (Å²) in [6, 6.07) is 28.5. The molecule has 0 aromatic heterocycles. The highest BCUT2D eigenvalue weighted by Crippen LogP contribution is 2.34. The Bertz CT molecular complexity index is 683. The van der Waals surface area contributed by atoms with Gasteiger partial charge in [-0.1, -0.05) is 48.5 Å². The van der Waals surface area contributed by atoms with Crippen LogP contribution in [0.25, 0.3) is 0 Å². The molecule has 1 N–H and O–H groups in total. The Kier molecular flexibility index (Phi) is 4.22. The van der Waals surface area contributed by atoms with Crippen LogP contribution in [0.5, 0.6) is 0 Å². The number of benzene rings is 3. The highest BCUT2D eigenvalue weighted by Gasteiger charge is 2.12. The average Bonchev–Trinajstić information content (AvgIpc) is 2.57. The lowest BCUT2D eigenvalue weighted by Crippen LogP contribution is -2.10. The molecule has 110 valence electrons. The molecule has 3 rings (SSSR count). The molecule has 0 aliphatic heterocycles. The molecule has 0 spiro atoms. The van der Waals surface area contributed by atoms with Gasteiger partial charge in [-0.3, -0.25) is 0 Å². The molecule has 2 nitrogen and oxygen atoms in total. The molecule has 0 bridgehead atoms. The van der Waals surface area contributed by atoms with Crippen molar-refractivity contribution in [3.63, 3.8) is 0 Å². The number of hydrogen-bond donors (Lipinski definition) is 1. The van der Waals surface area contributed by atoms with E-state index in [2.05, 4.69) is 35.2 Å². The molecule has 3 aromatic rings. The van der Waals surface area contributed by atoms with Gasteiger partial charge in [0.2, 0.25) is 0 Å². The Balaban J connectivity index is 2.12. The molecule has 0 saturated heterocycles. The summed E-state index contributed by atoms with van der Waals surface area (Å²) in [4.78, 5) is 2.19. The standard InChI is InChI=1S/C20H19NO/c1-16(22)17-9-8-14-20(15-17)21(18-10-4-2-5-11-18)19-12-6-3-7-13-19/h2-16,22H,1H3. The van der Waals surface area contributed by atoms with E-state index in [1.807, 2.05) is 54.6 Å². The number of rotatable bonds is 4. The normalized spacial score (nSPS) is 11.9. The van der Waals surface area contributed by atoms with Gasteiger partial charge in [-0.25, -0.2) is 0 Å². The lowest BCUT2D eigenvalue weighted by molar-refractivity contribution is 0.199. The van der Waals surface area contributed by atoms with Gasteiger partial charge in [0.05, 0.1) is 6.10 Å². The minimum atomic E-state index is -0.478. The van der Waals surface area contributed by atoms with Crippen LogP contribution in [-0.2, 0) is 0 Å². The third-order valence-electron chi connectivity index (χ3n) is 3.64. The van der Waals surface area contributed by atoms with E-state index >= 15 is 0 Å². The minimum Gasteiger partial charge on any atom is -0.389 e. The molecule has 0 fully saturated rings. The van der Waals surface area contributed by atoms with Crippen molar-refractivity contribution in [3.8, 4) is 0 Å². The van der Waals surface area contributed by atoms with Crippen molar-refractivity contribution < 1.29 is 5.11 Å². The van der Waals surface area contributed by atoms with Crippen molar-refractivity contribution in [3.05, 3.63) is 90.5 Å². The first-order valence-electron chi connectivity index (χ1n) is 7.44. The minimum absolute atomic E-state index is 0.478. The van der Waals surface area contributed by atoms with E-state index < -0.39 is 6.10 Å². The first-order chi connectivity index (χ1) is 10.8. The second kappa shape index (κ2) is 6.46. The fourth-order valence-corrected chi connectivity index (χ4v) is 2.53. The maximum absolute atomic E-state index is 9.85. The predicted octanol–water partition coefficient (Wildman–Crippen LogP) is 5.21. The van der Waals surface area contributed by atoms with Crippen molar-refractivity contribution in [1.29, 1.82) is 0 Å². The SMILES string of the molecule is CC(O)c1cccc(N(c2ccccc2)c2ccccc2)c1. The molecule has 22 heavy (non-hydrogen) atoms. The van der Waals surface area contributed by atoms with Gasteiger partial charge in [0, 0.05) is 17.1 Å². The second-order valence-corrected chi connectivity index (χ2v) is 5.28. The maximum Gasteiger partial charge on any atom is 0.0762 e. The quantitative estimate of drug-likeness (QED) is 0.712. The first-order valence-corrected chi connectivity index (χ1v) is 7.44. The van der Waals surface area contributed by atoms with E-state index in [0.717, 1.165) is 22.6 Å². The Morgan fingerprint density at radius 2 is 1.18 bits per heavy atom. The summed E-state index contributed by atoms with van der Waals surface area (Å²) in [5.41, 5.74) is 4.14. The summed E-state index contributed by atoms with van der Waals surface area (Å²) in [6.07, 6.45) is -0.478. The highest BCUT2D eigenvalue weighted by molar-refractivity contribution is 5.76. The summed E-state index contributed by atoms with van der Waals surface area (Å²) in [6.45, 7) is 1.79. The van der Waals surface area contributed by atoms with Crippen molar-refractivity contribution in [1.82, 2.24) is 0 Å². The molecular formula is C20H19NO. The van der Waals surface area contributed by atoms with Crippen LogP contribution >= 0.6 is 0 Å². The van der Waals surface area contributed by atoms with Gasteiger partial charge in [0.15, 0.2) is 0 Å². The molecular weight excluding hydrogens is 270 g/mol. The van der Waals surface area contributed by atoms with Crippen LogP contribution < -0.4 is 4.90 Å². The molecule has 0 saturated carbocycles. The summed E-state index contributed by atoms with van der Waals surface area (Å²) in [5.74, 6) is 0. The average molecular weight is 289 g/mol. The Morgan fingerprint density at radius 3 is 1.68 bits per heavy atom. The van der Waals surface area contributed by atoms with Gasteiger partial charge in [-0.15, -0.1) is 0 Å². The van der Waals surface area contributed by atoms with Crippen molar-refractivity contribution in [2.75, 3.05) is 4.90 Å². The van der Waals surface area contributed by atoms with Crippen LogP contribution in [0.15, 0.2) is 84.9 Å². The van der Waals surface area contributed by atoms with E-state index in [9.17, 15) is 5.11 Å². The second-order valence-electron chi connectivity index (χ2n) is 5.28. The van der Waals surface area contributed by atoms with E-state index in [4.69, 9.17) is 0 Å². The van der Waals surface area contributed by atoms with Crippen LogP contribution in [0.2, 0.25) is 0 Å². The number of aliphatic hydroxyl groups is 1. The van der Waals surface area contributed by atoms with Gasteiger partial charge in [-0.2, -0.15) is 0 Å². The third-order valence-corrected chi connectivity index (χ3v) is 3.64. The fraction of sp³-hybridized carbons (Fsp3) is 0.100. The molecule has 3 aromatic carbocycles. The molecule has 1 unspecified atom stereocenters. The van der Waals surface area contributed by atoms with Gasteiger partial charge < -0.3 is 10.0 Å². The molecule has 0 radical (unpaired) electrons. The van der Waals surface area contributed by atoms with Gasteiger partial charge in [-0.05, 0) is 48.9 Å². The van der Waals surface area contributed by atoms with Crippen molar-refractivity contribution >= 4 is 17.1 Å². The topological polar surface area (TPSA) is 23.5 Å². The van der Waals surface area contributed by atoms with Crippen molar-refractivity contribution in [2.45, 2.75) is 13.0 Å². The predicted molar refractivity (Wildman–Crippen MR) is 91.8 cm³/mol. The Hall–Kier alpha value is -2.58. The smallest absolute Gasteiger partial charge is 0.0762 e. The zero-order valence-corrected chi connectivity index (χ0v) is 12.6. The first kappa shape index (κ1) is 14.4. The summed E-state index contributed by atoms with van der Waals surface area (Å²) in [5, 5.41) is 9.85. The van der Waals surface area contributed by atoms with Gasteiger partial charge in [0.1, 0.15) is 0 Å². The van der Waals surface area contributed by atoms with Crippen molar-refractivity contribution in [2.24, 2.45) is 0 Å². The lowest BCUT2D eigenvalue weighted by atomic mass is 10.1. The van der Waals surface area contributed by atoms with Crippen LogP contribution in [0.3, 0.4) is 0 Å². The molecule has 2 heteroatoms. The van der Waals surface area contributed by atoms with E-state index in [-0.39, 0.29) is 0 Å².